The van der Waals surface area contributed by atoms with Gasteiger partial charge < -0.3 is 20.8 Å². The number of hydrogen-bond acceptors (Lipinski definition) is 4. The smallest absolute Gasteiger partial charge is 0.0501 e. The Hall–Kier alpha value is -4.38. The molecule has 5 aromatic rings. The Kier molecular flexibility index (Phi) is 7.84. The van der Waals surface area contributed by atoms with E-state index in [-0.39, 0.29) is 13.2 Å². The molecule has 0 aromatic heterocycles. The maximum absolute atomic E-state index is 10.3. The van der Waals surface area contributed by atoms with E-state index in [0.717, 1.165) is 50.4 Å². The van der Waals surface area contributed by atoms with Gasteiger partial charge in [-0.1, -0.05) is 78.9 Å². The van der Waals surface area contributed by atoms with Gasteiger partial charge in [0.15, 0.2) is 0 Å². The average molecular weight is 501 g/mol. The highest BCUT2D eigenvalue weighted by Gasteiger charge is 2.22. The monoisotopic (exact) mass is 500 g/mol. The Balaban J connectivity index is 1.81. The first-order chi connectivity index (χ1) is 18.7. The molecule has 4 nitrogen and oxygen atoms in total. The van der Waals surface area contributed by atoms with Crippen LogP contribution in [0.5, 0.6) is 0 Å². The number of aliphatic hydroxyl groups is 2. The SMILES string of the molecule is Nc1ccc(-c2ccc(N(c3ccccc3)c3ccccc3)c(CCO)c2-c2ccccc2)cc1CCO. The lowest BCUT2D eigenvalue weighted by atomic mass is 9.87. The van der Waals surface area contributed by atoms with Crippen molar-refractivity contribution in [2.24, 2.45) is 0 Å². The maximum Gasteiger partial charge on any atom is 0.0501 e. The van der Waals surface area contributed by atoms with Crippen LogP contribution >= 0.6 is 0 Å². The van der Waals surface area contributed by atoms with Crippen LogP contribution < -0.4 is 10.6 Å². The largest absolute Gasteiger partial charge is 0.399 e. The first-order valence-corrected chi connectivity index (χ1v) is 12.9. The van der Waals surface area contributed by atoms with E-state index in [4.69, 9.17) is 5.73 Å². The van der Waals surface area contributed by atoms with Crippen molar-refractivity contribution < 1.29 is 10.2 Å². The molecule has 0 bridgehead atoms. The lowest BCUT2D eigenvalue weighted by Crippen LogP contribution is -2.14. The number of aliphatic hydroxyl groups excluding tert-OH is 2. The number of para-hydroxylation sites is 2. The molecule has 5 aromatic carbocycles. The third-order valence-corrected chi connectivity index (χ3v) is 6.82. The maximum atomic E-state index is 10.3. The van der Waals surface area contributed by atoms with Crippen LogP contribution in [-0.2, 0) is 12.8 Å². The lowest BCUT2D eigenvalue weighted by Gasteiger charge is -2.30. The van der Waals surface area contributed by atoms with Gasteiger partial charge in [-0.25, -0.2) is 0 Å². The van der Waals surface area contributed by atoms with E-state index in [1.807, 2.05) is 66.7 Å². The van der Waals surface area contributed by atoms with E-state index in [2.05, 4.69) is 59.5 Å². The molecule has 0 saturated carbocycles. The minimum absolute atomic E-state index is 0.0191. The van der Waals surface area contributed by atoms with Gasteiger partial charge in [0.1, 0.15) is 0 Å². The van der Waals surface area contributed by atoms with Crippen molar-refractivity contribution >= 4 is 22.7 Å². The van der Waals surface area contributed by atoms with Crippen LogP contribution in [0.4, 0.5) is 22.7 Å². The number of hydrogen-bond donors (Lipinski definition) is 3. The molecule has 0 spiro atoms. The quantitative estimate of drug-likeness (QED) is 0.188. The molecule has 4 heteroatoms. The zero-order valence-electron chi connectivity index (χ0n) is 21.3. The highest BCUT2D eigenvalue weighted by atomic mass is 16.3. The van der Waals surface area contributed by atoms with Gasteiger partial charge in [-0.15, -0.1) is 0 Å². The third-order valence-electron chi connectivity index (χ3n) is 6.82. The van der Waals surface area contributed by atoms with Gasteiger partial charge in [0.05, 0.1) is 5.69 Å². The summed E-state index contributed by atoms with van der Waals surface area (Å²) in [6, 6.07) is 41.3. The Morgan fingerprint density at radius 3 is 1.74 bits per heavy atom. The summed E-state index contributed by atoms with van der Waals surface area (Å²) < 4.78 is 0. The van der Waals surface area contributed by atoms with E-state index >= 15 is 0 Å². The Labute approximate surface area is 224 Å². The summed E-state index contributed by atoms with van der Waals surface area (Å²) in [5, 5.41) is 19.9. The highest BCUT2D eigenvalue weighted by Crippen LogP contribution is 2.44. The molecule has 0 atom stereocenters. The van der Waals surface area contributed by atoms with Crippen molar-refractivity contribution in [2.75, 3.05) is 23.8 Å². The van der Waals surface area contributed by atoms with Gasteiger partial charge in [0.25, 0.3) is 0 Å². The van der Waals surface area contributed by atoms with Crippen molar-refractivity contribution in [1.82, 2.24) is 0 Å². The molecule has 0 fully saturated rings. The molecule has 0 amide bonds. The second-order valence-corrected chi connectivity index (χ2v) is 9.22. The minimum Gasteiger partial charge on any atom is -0.399 e. The number of benzene rings is 5. The third kappa shape index (κ3) is 5.18. The highest BCUT2D eigenvalue weighted by molar-refractivity contribution is 5.92. The summed E-state index contributed by atoms with van der Waals surface area (Å²) in [6.07, 6.45) is 0.986. The van der Waals surface area contributed by atoms with Crippen LogP contribution in [0.2, 0.25) is 0 Å². The molecule has 4 N–H and O–H groups in total. The van der Waals surface area contributed by atoms with Gasteiger partial charge >= 0.3 is 0 Å². The number of nitrogens with zero attached hydrogens (tertiary/aromatic N) is 1. The van der Waals surface area contributed by atoms with Gasteiger partial charge in [0, 0.05) is 30.3 Å². The summed E-state index contributed by atoms with van der Waals surface area (Å²) in [5.41, 5.74) is 16.2. The minimum atomic E-state index is 0.0191. The second-order valence-electron chi connectivity index (χ2n) is 9.22. The summed E-state index contributed by atoms with van der Waals surface area (Å²) in [6.45, 7) is 0.0578. The summed E-state index contributed by atoms with van der Waals surface area (Å²) >= 11 is 0. The van der Waals surface area contributed by atoms with E-state index in [9.17, 15) is 10.2 Å². The van der Waals surface area contributed by atoms with E-state index in [1.165, 1.54) is 0 Å². The Morgan fingerprint density at radius 1 is 0.579 bits per heavy atom. The van der Waals surface area contributed by atoms with Crippen LogP contribution in [0.25, 0.3) is 22.3 Å². The number of nitrogen functional groups attached to an aromatic ring is 1. The molecule has 190 valence electrons. The molecule has 0 aliphatic carbocycles. The molecule has 0 radical (unpaired) electrons. The fraction of sp³-hybridized carbons (Fsp3) is 0.118. The van der Waals surface area contributed by atoms with E-state index in [0.29, 0.717) is 18.5 Å². The van der Waals surface area contributed by atoms with Gasteiger partial charge in [0.2, 0.25) is 0 Å². The number of rotatable bonds is 9. The molecule has 0 aliphatic heterocycles. The predicted octanol–water partition coefficient (Wildman–Crippen LogP) is 7.14. The van der Waals surface area contributed by atoms with E-state index < -0.39 is 0 Å². The average Bonchev–Trinajstić information content (AvgIpc) is 2.97. The molecular formula is C34H32N2O2. The fourth-order valence-corrected chi connectivity index (χ4v) is 5.08. The summed E-state index contributed by atoms with van der Waals surface area (Å²) in [5.74, 6) is 0. The molecular weight excluding hydrogens is 468 g/mol. The second kappa shape index (κ2) is 11.8. The van der Waals surface area contributed by atoms with Crippen LogP contribution in [0, 0.1) is 0 Å². The van der Waals surface area contributed by atoms with Gasteiger partial charge in [-0.3, -0.25) is 0 Å². The van der Waals surface area contributed by atoms with Gasteiger partial charge in [-0.05, 0) is 88.7 Å². The van der Waals surface area contributed by atoms with Crippen LogP contribution in [0.3, 0.4) is 0 Å². The van der Waals surface area contributed by atoms with Crippen LogP contribution in [0.1, 0.15) is 11.1 Å². The lowest BCUT2D eigenvalue weighted by molar-refractivity contribution is 0.299. The van der Waals surface area contributed by atoms with Crippen molar-refractivity contribution in [3.05, 3.63) is 132 Å². The van der Waals surface area contributed by atoms with E-state index in [1.54, 1.807) is 0 Å². The normalized spacial score (nSPS) is 10.9. The Bertz CT molecular complexity index is 1450. The predicted molar refractivity (Wildman–Crippen MR) is 158 cm³/mol. The van der Waals surface area contributed by atoms with Gasteiger partial charge in [-0.2, -0.15) is 0 Å². The zero-order valence-corrected chi connectivity index (χ0v) is 21.3. The standard InChI is InChI=1S/C34H32N2O2/c35-32-18-16-26(24-27(32)20-22-37)30-17-19-33(31(21-23-38)34(30)25-10-4-1-5-11-25)36(28-12-6-2-7-13-28)29-14-8-3-9-15-29/h1-19,24,37-38H,20-23,35H2. The molecule has 38 heavy (non-hydrogen) atoms. The Morgan fingerprint density at radius 2 is 1.16 bits per heavy atom. The number of anilines is 4. The fourth-order valence-electron chi connectivity index (χ4n) is 5.08. The number of nitrogens with two attached hydrogens (primary N) is 1. The molecule has 0 saturated heterocycles. The zero-order chi connectivity index (χ0) is 26.3. The summed E-state index contributed by atoms with van der Waals surface area (Å²) in [4.78, 5) is 2.25. The molecule has 5 rings (SSSR count). The first kappa shape index (κ1) is 25.3. The van der Waals surface area contributed by atoms with Crippen LogP contribution in [-0.4, -0.2) is 23.4 Å². The summed E-state index contributed by atoms with van der Waals surface area (Å²) in [7, 11) is 0. The first-order valence-electron chi connectivity index (χ1n) is 12.9. The van der Waals surface area contributed by atoms with Crippen molar-refractivity contribution in [1.29, 1.82) is 0 Å². The van der Waals surface area contributed by atoms with Crippen molar-refractivity contribution in [2.45, 2.75) is 12.8 Å². The van der Waals surface area contributed by atoms with Crippen molar-refractivity contribution in [3.63, 3.8) is 0 Å². The van der Waals surface area contributed by atoms with Crippen molar-refractivity contribution in [3.8, 4) is 22.3 Å². The molecule has 0 aliphatic rings. The topological polar surface area (TPSA) is 69.7 Å². The molecule has 0 unspecified atom stereocenters. The van der Waals surface area contributed by atoms with Crippen LogP contribution in [0.15, 0.2) is 121 Å². The molecule has 0 heterocycles.